The zero-order chi connectivity index (χ0) is 14.4. The Hall–Kier alpha value is -1.66. The number of aryl methyl sites for hydroxylation is 2. The van der Waals surface area contributed by atoms with Gasteiger partial charge < -0.3 is 0 Å². The summed E-state index contributed by atoms with van der Waals surface area (Å²) in [5.41, 5.74) is 2.73. The molecule has 102 valence electrons. The van der Waals surface area contributed by atoms with Crippen molar-refractivity contribution < 1.29 is 4.79 Å². The summed E-state index contributed by atoms with van der Waals surface area (Å²) < 4.78 is 4.05. The molecule has 1 aromatic carbocycles. The molecule has 0 aliphatic heterocycles. The summed E-state index contributed by atoms with van der Waals surface area (Å²) >= 11 is 4.83. The molecule has 0 radical (unpaired) electrons. The molecular formula is C14H11BrN2O2S. The number of carbonyl (C=O) groups is 1. The predicted octanol–water partition coefficient (Wildman–Crippen LogP) is 2.93. The maximum Gasteiger partial charge on any atom is 0.328 e. The maximum atomic E-state index is 12.4. The fraction of sp³-hybridized carbons (Fsp3) is 0.143. The molecule has 2 heterocycles. The van der Waals surface area contributed by atoms with Crippen LogP contribution in [-0.4, -0.2) is 14.9 Å². The first-order valence-corrected chi connectivity index (χ1v) is 7.60. The van der Waals surface area contributed by atoms with E-state index in [-0.39, 0.29) is 11.5 Å². The second-order valence-electron chi connectivity index (χ2n) is 4.57. The molecule has 0 amide bonds. The Labute approximate surface area is 127 Å². The zero-order valence-corrected chi connectivity index (χ0v) is 13.3. The SMILES string of the molecule is Cn1c(=O)n(C)c2cc(C(=O)c3csc(Br)c3)ccc21. The molecular weight excluding hydrogens is 340 g/mol. The van der Waals surface area contributed by atoms with Gasteiger partial charge in [-0.15, -0.1) is 11.3 Å². The third-order valence-corrected chi connectivity index (χ3v) is 4.87. The second-order valence-corrected chi connectivity index (χ2v) is 6.86. The normalized spacial score (nSPS) is 11.2. The van der Waals surface area contributed by atoms with Crippen LogP contribution in [0.25, 0.3) is 11.0 Å². The van der Waals surface area contributed by atoms with Gasteiger partial charge in [0.1, 0.15) is 0 Å². The van der Waals surface area contributed by atoms with Crippen molar-refractivity contribution in [1.29, 1.82) is 0 Å². The first-order valence-electron chi connectivity index (χ1n) is 5.93. The molecule has 0 atom stereocenters. The summed E-state index contributed by atoms with van der Waals surface area (Å²) in [5.74, 6) is -0.0369. The van der Waals surface area contributed by atoms with Crippen molar-refractivity contribution in [2.75, 3.05) is 0 Å². The Morgan fingerprint density at radius 1 is 1.10 bits per heavy atom. The highest BCUT2D eigenvalue weighted by molar-refractivity contribution is 9.11. The molecule has 0 aliphatic rings. The fourth-order valence-electron chi connectivity index (χ4n) is 2.24. The molecule has 3 aromatic rings. The standard InChI is InChI=1S/C14H11BrN2O2S/c1-16-10-4-3-8(5-11(10)17(2)14(16)19)13(18)9-6-12(15)20-7-9/h3-7H,1-2H3. The highest BCUT2D eigenvalue weighted by atomic mass is 79.9. The van der Waals surface area contributed by atoms with E-state index in [1.54, 1.807) is 41.4 Å². The van der Waals surface area contributed by atoms with E-state index in [9.17, 15) is 9.59 Å². The number of fused-ring (bicyclic) bond motifs is 1. The molecule has 0 N–H and O–H groups in total. The predicted molar refractivity (Wildman–Crippen MR) is 83.6 cm³/mol. The third-order valence-electron chi connectivity index (χ3n) is 3.36. The van der Waals surface area contributed by atoms with Gasteiger partial charge in [-0.1, -0.05) is 0 Å². The van der Waals surface area contributed by atoms with Crippen LogP contribution < -0.4 is 5.69 Å². The first-order chi connectivity index (χ1) is 9.49. The molecule has 0 aliphatic carbocycles. The van der Waals surface area contributed by atoms with Gasteiger partial charge in [-0.2, -0.15) is 0 Å². The fourth-order valence-corrected chi connectivity index (χ4v) is 3.38. The van der Waals surface area contributed by atoms with Gasteiger partial charge in [0.05, 0.1) is 14.8 Å². The maximum absolute atomic E-state index is 12.4. The minimum absolute atomic E-state index is 0.0369. The number of imidazole rings is 1. The number of hydrogen-bond donors (Lipinski definition) is 0. The van der Waals surface area contributed by atoms with Gasteiger partial charge in [0.25, 0.3) is 0 Å². The number of ketones is 1. The molecule has 6 heteroatoms. The van der Waals surface area contributed by atoms with Crippen molar-refractivity contribution >= 4 is 44.1 Å². The van der Waals surface area contributed by atoms with Gasteiger partial charge in [-0.3, -0.25) is 13.9 Å². The van der Waals surface area contributed by atoms with Crippen molar-refractivity contribution in [2.24, 2.45) is 14.1 Å². The molecule has 4 nitrogen and oxygen atoms in total. The van der Waals surface area contributed by atoms with Crippen molar-refractivity contribution in [3.63, 3.8) is 0 Å². The molecule has 2 aromatic heterocycles. The Kier molecular flexibility index (Phi) is 3.14. The van der Waals surface area contributed by atoms with Crippen LogP contribution >= 0.6 is 27.3 Å². The summed E-state index contributed by atoms with van der Waals surface area (Å²) in [4.78, 5) is 24.3. The van der Waals surface area contributed by atoms with Crippen LogP contribution in [0.15, 0.2) is 38.2 Å². The summed E-state index contributed by atoms with van der Waals surface area (Å²) in [6.45, 7) is 0. The lowest BCUT2D eigenvalue weighted by molar-refractivity contribution is 0.103. The van der Waals surface area contributed by atoms with E-state index in [4.69, 9.17) is 0 Å². The molecule has 0 saturated heterocycles. The second kappa shape index (κ2) is 4.71. The summed E-state index contributed by atoms with van der Waals surface area (Å²) in [6.07, 6.45) is 0. The molecule has 0 fully saturated rings. The zero-order valence-electron chi connectivity index (χ0n) is 10.9. The monoisotopic (exact) mass is 350 g/mol. The number of hydrogen-bond acceptors (Lipinski definition) is 3. The molecule has 0 spiro atoms. The average Bonchev–Trinajstić information content (AvgIpc) is 2.97. The molecule has 3 rings (SSSR count). The lowest BCUT2D eigenvalue weighted by Crippen LogP contribution is -2.19. The summed E-state index contributed by atoms with van der Waals surface area (Å²) in [5, 5.41) is 1.82. The number of nitrogens with zero attached hydrogens (tertiary/aromatic N) is 2. The Balaban J connectivity index is 2.16. The van der Waals surface area contributed by atoms with Gasteiger partial charge in [-0.25, -0.2) is 4.79 Å². The topological polar surface area (TPSA) is 44.0 Å². The van der Waals surface area contributed by atoms with Crippen LogP contribution in [0, 0.1) is 0 Å². The van der Waals surface area contributed by atoms with Crippen LogP contribution in [-0.2, 0) is 14.1 Å². The number of benzene rings is 1. The van der Waals surface area contributed by atoms with Gasteiger partial charge in [-0.05, 0) is 40.2 Å². The van der Waals surface area contributed by atoms with Crippen molar-refractivity contribution in [2.45, 2.75) is 0 Å². The van der Waals surface area contributed by atoms with Crippen LogP contribution in [0.3, 0.4) is 0 Å². The third kappa shape index (κ3) is 1.96. The molecule has 0 saturated carbocycles. The minimum atomic E-state index is -0.0946. The van der Waals surface area contributed by atoms with Crippen LogP contribution in [0.1, 0.15) is 15.9 Å². The highest BCUT2D eigenvalue weighted by Gasteiger charge is 2.14. The number of thiophene rings is 1. The number of aromatic nitrogens is 2. The van der Waals surface area contributed by atoms with E-state index in [0.29, 0.717) is 11.1 Å². The van der Waals surface area contributed by atoms with Crippen molar-refractivity contribution in [3.8, 4) is 0 Å². The average molecular weight is 351 g/mol. The van der Waals surface area contributed by atoms with Crippen LogP contribution in [0.4, 0.5) is 0 Å². The number of halogens is 1. The van der Waals surface area contributed by atoms with Gasteiger partial charge in [0.15, 0.2) is 5.78 Å². The van der Waals surface area contributed by atoms with E-state index in [2.05, 4.69) is 15.9 Å². The largest absolute Gasteiger partial charge is 0.328 e. The molecule has 20 heavy (non-hydrogen) atoms. The quantitative estimate of drug-likeness (QED) is 0.667. The van der Waals surface area contributed by atoms with Crippen LogP contribution in [0.2, 0.25) is 0 Å². The smallest absolute Gasteiger partial charge is 0.295 e. The summed E-state index contributed by atoms with van der Waals surface area (Å²) in [7, 11) is 3.43. The Morgan fingerprint density at radius 2 is 1.80 bits per heavy atom. The first kappa shape index (κ1) is 13.3. The lowest BCUT2D eigenvalue weighted by Gasteiger charge is -2.00. The number of carbonyl (C=O) groups excluding carboxylic acids is 1. The van der Waals surface area contributed by atoms with Gasteiger partial charge in [0.2, 0.25) is 0 Å². The summed E-state index contributed by atoms with van der Waals surface area (Å²) in [6, 6.07) is 7.15. The minimum Gasteiger partial charge on any atom is -0.295 e. The molecule has 0 bridgehead atoms. The lowest BCUT2D eigenvalue weighted by atomic mass is 10.1. The van der Waals surface area contributed by atoms with E-state index in [1.165, 1.54) is 11.3 Å². The van der Waals surface area contributed by atoms with Gasteiger partial charge >= 0.3 is 5.69 Å². The highest BCUT2D eigenvalue weighted by Crippen LogP contribution is 2.24. The van der Waals surface area contributed by atoms with E-state index in [0.717, 1.165) is 14.8 Å². The molecule has 0 unspecified atom stereocenters. The van der Waals surface area contributed by atoms with E-state index >= 15 is 0 Å². The van der Waals surface area contributed by atoms with Crippen LogP contribution in [0.5, 0.6) is 0 Å². The van der Waals surface area contributed by atoms with Crippen molar-refractivity contribution in [3.05, 3.63) is 55.0 Å². The van der Waals surface area contributed by atoms with E-state index < -0.39 is 0 Å². The van der Waals surface area contributed by atoms with Crippen molar-refractivity contribution in [1.82, 2.24) is 9.13 Å². The Bertz CT molecular complexity index is 888. The Morgan fingerprint density at radius 3 is 2.45 bits per heavy atom. The number of rotatable bonds is 2. The van der Waals surface area contributed by atoms with Gasteiger partial charge in [0, 0.05) is 30.6 Å². The van der Waals surface area contributed by atoms with E-state index in [1.807, 2.05) is 11.4 Å².